The summed E-state index contributed by atoms with van der Waals surface area (Å²) in [7, 11) is 0. The Bertz CT molecular complexity index is 1060. The van der Waals surface area contributed by atoms with Crippen molar-refractivity contribution in [2.45, 2.75) is 6.42 Å². The lowest BCUT2D eigenvalue weighted by Gasteiger charge is -2.09. The van der Waals surface area contributed by atoms with Crippen LogP contribution in [0.3, 0.4) is 0 Å². The highest BCUT2D eigenvalue weighted by Gasteiger charge is 2.19. The molecule has 0 radical (unpaired) electrons. The third-order valence-corrected chi connectivity index (χ3v) is 4.55. The minimum atomic E-state index is -1.53. The van der Waals surface area contributed by atoms with Gasteiger partial charge in [-0.3, -0.25) is 4.79 Å². The maximum absolute atomic E-state index is 12.1. The van der Waals surface area contributed by atoms with Crippen LogP contribution in [0.1, 0.15) is 16.1 Å². The van der Waals surface area contributed by atoms with Crippen molar-refractivity contribution in [3.8, 4) is 17.1 Å². The third-order valence-electron chi connectivity index (χ3n) is 3.80. The Kier molecular flexibility index (Phi) is 5.70. The lowest BCUT2D eigenvalue weighted by molar-refractivity contribution is 0.0686. The topological polar surface area (TPSA) is 144 Å². The lowest BCUT2D eigenvalue weighted by Crippen LogP contribution is -2.30. The third kappa shape index (κ3) is 4.35. The van der Waals surface area contributed by atoms with E-state index in [2.05, 4.69) is 20.6 Å². The number of hydrogen-bond donors (Lipinski definition) is 5. The van der Waals surface area contributed by atoms with Gasteiger partial charge in [0.15, 0.2) is 5.69 Å². The highest BCUT2D eigenvalue weighted by molar-refractivity contribution is 7.08. The van der Waals surface area contributed by atoms with Crippen molar-refractivity contribution in [3.63, 3.8) is 0 Å². The first kappa shape index (κ1) is 19.1. The minimum Gasteiger partial charge on any atom is -0.501 e. The van der Waals surface area contributed by atoms with Gasteiger partial charge in [0.25, 0.3) is 5.56 Å². The number of aromatic carboxylic acids is 1. The zero-order valence-electron chi connectivity index (χ0n) is 14.4. The molecule has 0 saturated heterocycles. The summed E-state index contributed by atoms with van der Waals surface area (Å²) in [5, 5.41) is 27.2. The van der Waals surface area contributed by atoms with Crippen LogP contribution in [0.2, 0.25) is 0 Å². The first-order valence-corrected chi connectivity index (χ1v) is 9.12. The second-order valence-corrected chi connectivity index (χ2v) is 6.48. The van der Waals surface area contributed by atoms with Gasteiger partial charge < -0.3 is 25.8 Å². The van der Waals surface area contributed by atoms with Crippen molar-refractivity contribution >= 4 is 29.0 Å². The predicted octanol–water partition coefficient (Wildman–Crippen LogP) is 2.27. The van der Waals surface area contributed by atoms with Gasteiger partial charge >= 0.3 is 12.0 Å². The summed E-state index contributed by atoms with van der Waals surface area (Å²) in [6.07, 6.45) is 0.666. The van der Waals surface area contributed by atoms with E-state index in [1.54, 1.807) is 10.8 Å². The number of benzene rings is 1. The van der Waals surface area contributed by atoms with Crippen molar-refractivity contribution in [1.29, 1.82) is 0 Å². The standard InChI is InChI=1S/C18H16N4O5S/c23-14-13(17(25)26)21-15(22-16(14)24)11-8-28-9-12(11)20-18(27)19-7-6-10-4-2-1-3-5-10/h1-5,8-9,23H,6-7H2,(H,25,26)(H2,19,20,27)(H,21,22,24). The van der Waals surface area contributed by atoms with Crippen molar-refractivity contribution in [2.75, 3.05) is 11.9 Å². The SMILES string of the molecule is O=C(NCCc1ccccc1)Nc1cscc1-c1nc(C(=O)O)c(O)c(=O)[nH]1. The fourth-order valence-corrected chi connectivity index (χ4v) is 3.22. The zero-order valence-corrected chi connectivity index (χ0v) is 15.2. The molecule has 3 aromatic rings. The fourth-order valence-electron chi connectivity index (χ4n) is 2.45. The van der Waals surface area contributed by atoms with Gasteiger partial charge in [0.1, 0.15) is 5.82 Å². The molecule has 0 spiro atoms. The number of carbonyl (C=O) groups excluding carboxylic acids is 1. The summed E-state index contributed by atoms with van der Waals surface area (Å²) in [6, 6.07) is 9.23. The van der Waals surface area contributed by atoms with E-state index in [0.29, 0.717) is 24.2 Å². The van der Waals surface area contributed by atoms with Crippen molar-refractivity contribution in [1.82, 2.24) is 15.3 Å². The van der Waals surface area contributed by atoms with Gasteiger partial charge in [-0.15, -0.1) is 11.3 Å². The molecule has 0 saturated carbocycles. The number of carbonyl (C=O) groups is 2. The van der Waals surface area contributed by atoms with Crippen molar-refractivity contribution < 1.29 is 19.8 Å². The molecule has 9 nitrogen and oxygen atoms in total. The van der Waals surface area contributed by atoms with Crippen LogP contribution in [0.5, 0.6) is 5.75 Å². The molecule has 0 unspecified atom stereocenters. The van der Waals surface area contributed by atoms with Gasteiger partial charge in [-0.2, -0.15) is 0 Å². The van der Waals surface area contributed by atoms with Crippen LogP contribution in [0, 0.1) is 0 Å². The van der Waals surface area contributed by atoms with Gasteiger partial charge in [0.2, 0.25) is 5.75 Å². The molecular weight excluding hydrogens is 384 g/mol. The summed E-state index contributed by atoms with van der Waals surface area (Å²) in [6.45, 7) is 0.423. The highest BCUT2D eigenvalue weighted by atomic mass is 32.1. The Balaban J connectivity index is 1.71. The molecule has 2 amide bonds. The van der Waals surface area contributed by atoms with E-state index in [-0.39, 0.29) is 5.82 Å². The Labute approximate surface area is 162 Å². The number of amides is 2. The first-order chi connectivity index (χ1) is 13.5. The van der Waals surface area contributed by atoms with Crippen LogP contribution < -0.4 is 16.2 Å². The summed E-state index contributed by atoms with van der Waals surface area (Å²) in [5.74, 6) is -2.58. The maximum Gasteiger partial charge on any atom is 0.358 e. The molecule has 0 aliphatic heterocycles. The van der Waals surface area contributed by atoms with E-state index in [1.165, 1.54) is 11.3 Å². The zero-order chi connectivity index (χ0) is 20.1. The van der Waals surface area contributed by atoms with E-state index in [0.717, 1.165) is 5.56 Å². The Hall–Kier alpha value is -3.66. The summed E-state index contributed by atoms with van der Waals surface area (Å²) in [5.41, 5.74) is 0.0383. The predicted molar refractivity (Wildman–Crippen MR) is 104 cm³/mol. The maximum atomic E-state index is 12.1. The number of H-pyrrole nitrogens is 1. The molecule has 2 heterocycles. The summed E-state index contributed by atoms with van der Waals surface area (Å²) in [4.78, 5) is 41.1. The molecule has 0 bridgehead atoms. The van der Waals surface area contributed by atoms with E-state index in [1.807, 2.05) is 30.3 Å². The summed E-state index contributed by atoms with van der Waals surface area (Å²) >= 11 is 1.23. The molecule has 5 N–H and O–H groups in total. The number of aromatic nitrogens is 2. The summed E-state index contributed by atoms with van der Waals surface area (Å²) < 4.78 is 0. The monoisotopic (exact) mass is 400 g/mol. The number of urea groups is 1. The minimum absolute atomic E-state index is 0.0685. The number of aromatic amines is 1. The fraction of sp³-hybridized carbons (Fsp3) is 0.111. The number of nitrogens with zero attached hydrogens (tertiary/aromatic N) is 1. The normalized spacial score (nSPS) is 10.4. The van der Waals surface area contributed by atoms with E-state index >= 15 is 0 Å². The van der Waals surface area contributed by atoms with Gasteiger partial charge in [-0.05, 0) is 12.0 Å². The molecule has 10 heteroatoms. The number of carboxylic acids is 1. The van der Waals surface area contributed by atoms with Crippen LogP contribution in [0.4, 0.5) is 10.5 Å². The second-order valence-electron chi connectivity index (χ2n) is 5.73. The van der Waals surface area contributed by atoms with E-state index in [4.69, 9.17) is 5.11 Å². The number of nitrogens with one attached hydrogen (secondary N) is 3. The quantitative estimate of drug-likeness (QED) is 0.429. The van der Waals surface area contributed by atoms with Crippen LogP contribution >= 0.6 is 11.3 Å². The van der Waals surface area contributed by atoms with Crippen LogP contribution in [0.25, 0.3) is 11.4 Å². The van der Waals surface area contributed by atoms with Gasteiger partial charge in [0.05, 0.1) is 11.3 Å². The van der Waals surface area contributed by atoms with E-state index < -0.39 is 29.0 Å². The van der Waals surface area contributed by atoms with Gasteiger partial charge in [-0.25, -0.2) is 14.6 Å². The molecular formula is C18H16N4O5S. The van der Waals surface area contributed by atoms with Crippen LogP contribution in [-0.2, 0) is 6.42 Å². The van der Waals surface area contributed by atoms with Crippen LogP contribution in [-0.4, -0.2) is 38.7 Å². The molecule has 0 atom stereocenters. The van der Waals surface area contributed by atoms with Gasteiger partial charge in [-0.1, -0.05) is 30.3 Å². The first-order valence-electron chi connectivity index (χ1n) is 8.17. The van der Waals surface area contributed by atoms with Crippen molar-refractivity contribution in [3.05, 3.63) is 62.7 Å². The number of hydrogen-bond acceptors (Lipinski definition) is 6. The smallest absolute Gasteiger partial charge is 0.358 e. The second kappa shape index (κ2) is 8.35. The average Bonchev–Trinajstić information content (AvgIpc) is 3.12. The Morgan fingerprint density at radius 1 is 1.18 bits per heavy atom. The molecule has 28 heavy (non-hydrogen) atoms. The average molecular weight is 400 g/mol. The number of rotatable bonds is 6. The molecule has 144 valence electrons. The van der Waals surface area contributed by atoms with Crippen LogP contribution in [0.15, 0.2) is 45.9 Å². The number of thiophene rings is 1. The molecule has 0 aliphatic rings. The van der Waals surface area contributed by atoms with Gasteiger partial charge in [0, 0.05) is 17.3 Å². The van der Waals surface area contributed by atoms with E-state index in [9.17, 15) is 19.5 Å². The molecule has 0 aliphatic carbocycles. The Morgan fingerprint density at radius 2 is 1.93 bits per heavy atom. The number of carboxylic acid groups (broad SMARTS) is 1. The molecule has 0 fully saturated rings. The highest BCUT2D eigenvalue weighted by Crippen LogP contribution is 2.29. The Morgan fingerprint density at radius 3 is 2.64 bits per heavy atom. The molecule has 3 rings (SSSR count). The number of aromatic hydroxyl groups is 1. The van der Waals surface area contributed by atoms with Crippen molar-refractivity contribution in [2.24, 2.45) is 0 Å². The molecule has 1 aromatic carbocycles. The number of anilines is 1. The lowest BCUT2D eigenvalue weighted by atomic mass is 10.1. The molecule has 2 aromatic heterocycles. The largest absolute Gasteiger partial charge is 0.501 e.